The molecule has 1 fully saturated rings. The predicted molar refractivity (Wildman–Crippen MR) is 63.2 cm³/mol. The number of ether oxygens (including phenoxy) is 1. The van der Waals surface area contributed by atoms with Crippen molar-refractivity contribution in [2.75, 3.05) is 7.11 Å². The molecule has 0 atom stereocenters. The van der Waals surface area contributed by atoms with Gasteiger partial charge in [0.05, 0.1) is 13.0 Å². The van der Waals surface area contributed by atoms with Crippen LogP contribution in [0.15, 0.2) is 18.7 Å². The first-order valence-corrected chi connectivity index (χ1v) is 6.11. The molecular formula is C13H18N2O2. The fraction of sp³-hybridized carbons (Fsp3) is 0.615. The zero-order chi connectivity index (χ0) is 12.1. The highest BCUT2D eigenvalue weighted by Gasteiger charge is 2.26. The van der Waals surface area contributed by atoms with Gasteiger partial charge in [0, 0.05) is 12.4 Å². The molecule has 0 N–H and O–H groups in total. The van der Waals surface area contributed by atoms with Gasteiger partial charge in [-0.05, 0) is 43.6 Å². The van der Waals surface area contributed by atoms with Crippen LogP contribution in [0.2, 0.25) is 0 Å². The van der Waals surface area contributed by atoms with Crippen molar-refractivity contribution in [1.29, 1.82) is 0 Å². The van der Waals surface area contributed by atoms with Gasteiger partial charge < -0.3 is 4.74 Å². The normalized spacial score (nSPS) is 24.3. The fourth-order valence-electron chi connectivity index (χ4n) is 2.54. The number of hydrogen-bond donors (Lipinski definition) is 0. The Morgan fingerprint density at radius 1 is 1.29 bits per heavy atom. The van der Waals surface area contributed by atoms with E-state index < -0.39 is 0 Å². The van der Waals surface area contributed by atoms with Crippen molar-refractivity contribution in [2.24, 2.45) is 11.8 Å². The van der Waals surface area contributed by atoms with Gasteiger partial charge in [-0.3, -0.25) is 4.79 Å². The number of aromatic nitrogens is 2. The van der Waals surface area contributed by atoms with Crippen molar-refractivity contribution >= 4 is 5.97 Å². The molecule has 1 heterocycles. The monoisotopic (exact) mass is 234 g/mol. The van der Waals surface area contributed by atoms with Gasteiger partial charge in [-0.25, -0.2) is 9.97 Å². The van der Waals surface area contributed by atoms with Crippen molar-refractivity contribution in [1.82, 2.24) is 9.97 Å². The summed E-state index contributed by atoms with van der Waals surface area (Å²) in [6.45, 7) is 0. The smallest absolute Gasteiger partial charge is 0.308 e. The van der Waals surface area contributed by atoms with Gasteiger partial charge in [0.2, 0.25) is 0 Å². The molecule has 1 aromatic rings. The van der Waals surface area contributed by atoms with Crippen LogP contribution in [0.5, 0.6) is 0 Å². The van der Waals surface area contributed by atoms with E-state index >= 15 is 0 Å². The zero-order valence-corrected chi connectivity index (χ0v) is 10.1. The van der Waals surface area contributed by atoms with Crippen LogP contribution in [0.1, 0.15) is 31.2 Å². The Hall–Kier alpha value is -1.45. The second-order valence-corrected chi connectivity index (χ2v) is 4.69. The van der Waals surface area contributed by atoms with E-state index in [1.54, 1.807) is 6.33 Å². The summed E-state index contributed by atoms with van der Waals surface area (Å²) in [5.41, 5.74) is 1.19. The lowest BCUT2D eigenvalue weighted by atomic mass is 9.79. The number of carbonyl (C=O) groups excluding carboxylic acids is 1. The highest BCUT2D eigenvalue weighted by Crippen LogP contribution is 2.31. The first kappa shape index (κ1) is 12.0. The van der Waals surface area contributed by atoms with Crippen LogP contribution in [-0.2, 0) is 16.0 Å². The summed E-state index contributed by atoms with van der Waals surface area (Å²) in [6.07, 6.45) is 10.4. The molecule has 1 aromatic heterocycles. The second-order valence-electron chi connectivity index (χ2n) is 4.69. The van der Waals surface area contributed by atoms with Crippen LogP contribution in [0.4, 0.5) is 0 Å². The standard InChI is InChI=1S/C13H18N2O2/c1-17-13(16)12-4-2-10(3-5-12)6-11-7-14-9-15-8-11/h7-10,12H,2-6H2,1H3. The molecule has 1 aliphatic carbocycles. The molecule has 4 heteroatoms. The molecule has 0 saturated heterocycles. The Balaban J connectivity index is 1.82. The lowest BCUT2D eigenvalue weighted by Crippen LogP contribution is -2.23. The molecule has 0 radical (unpaired) electrons. The third kappa shape index (κ3) is 3.25. The summed E-state index contributed by atoms with van der Waals surface area (Å²) < 4.78 is 4.78. The Morgan fingerprint density at radius 3 is 2.53 bits per heavy atom. The van der Waals surface area contributed by atoms with E-state index in [0.717, 1.165) is 32.1 Å². The van der Waals surface area contributed by atoms with Gasteiger partial charge in [-0.1, -0.05) is 0 Å². The third-order valence-corrected chi connectivity index (χ3v) is 3.52. The number of hydrogen-bond acceptors (Lipinski definition) is 4. The van der Waals surface area contributed by atoms with Crippen molar-refractivity contribution in [2.45, 2.75) is 32.1 Å². The number of nitrogens with zero attached hydrogens (tertiary/aromatic N) is 2. The average molecular weight is 234 g/mol. The number of methoxy groups -OCH3 is 1. The van der Waals surface area contributed by atoms with Crippen LogP contribution in [0.25, 0.3) is 0 Å². The average Bonchev–Trinajstić information content (AvgIpc) is 2.40. The molecule has 0 aliphatic heterocycles. The first-order valence-electron chi connectivity index (χ1n) is 6.11. The van der Waals surface area contributed by atoms with E-state index in [2.05, 4.69) is 9.97 Å². The van der Waals surface area contributed by atoms with E-state index in [9.17, 15) is 4.79 Å². The van der Waals surface area contributed by atoms with Gasteiger partial charge in [-0.15, -0.1) is 0 Å². The Morgan fingerprint density at radius 2 is 1.94 bits per heavy atom. The summed E-state index contributed by atoms with van der Waals surface area (Å²) in [4.78, 5) is 19.4. The molecule has 1 saturated carbocycles. The SMILES string of the molecule is COC(=O)C1CCC(Cc2cncnc2)CC1. The summed E-state index contributed by atoms with van der Waals surface area (Å²) in [6, 6.07) is 0. The van der Waals surface area contributed by atoms with E-state index in [1.165, 1.54) is 12.7 Å². The van der Waals surface area contributed by atoms with Gasteiger partial charge in [0.25, 0.3) is 0 Å². The maximum Gasteiger partial charge on any atom is 0.308 e. The highest BCUT2D eigenvalue weighted by atomic mass is 16.5. The maximum absolute atomic E-state index is 11.4. The van der Waals surface area contributed by atoms with Crippen LogP contribution < -0.4 is 0 Å². The number of esters is 1. The Labute approximate surface area is 101 Å². The van der Waals surface area contributed by atoms with E-state index in [4.69, 9.17) is 4.74 Å². The van der Waals surface area contributed by atoms with Crippen molar-refractivity contribution in [3.63, 3.8) is 0 Å². The van der Waals surface area contributed by atoms with Gasteiger partial charge in [0.1, 0.15) is 6.33 Å². The lowest BCUT2D eigenvalue weighted by Gasteiger charge is -2.26. The lowest BCUT2D eigenvalue weighted by molar-refractivity contribution is -0.146. The summed E-state index contributed by atoms with van der Waals surface area (Å²) in [7, 11) is 1.47. The molecule has 2 rings (SSSR count). The third-order valence-electron chi connectivity index (χ3n) is 3.52. The number of rotatable bonds is 3. The Kier molecular flexibility index (Phi) is 4.07. The number of carbonyl (C=O) groups is 1. The molecule has 0 bridgehead atoms. The Bertz CT molecular complexity index is 359. The predicted octanol–water partition coefficient (Wildman–Crippen LogP) is 2.00. The highest BCUT2D eigenvalue weighted by molar-refractivity contribution is 5.72. The molecule has 0 unspecified atom stereocenters. The van der Waals surface area contributed by atoms with Crippen molar-refractivity contribution in [3.05, 3.63) is 24.3 Å². The van der Waals surface area contributed by atoms with Crippen LogP contribution in [-0.4, -0.2) is 23.0 Å². The van der Waals surface area contributed by atoms with E-state index in [-0.39, 0.29) is 11.9 Å². The van der Waals surface area contributed by atoms with Crippen LogP contribution >= 0.6 is 0 Å². The quantitative estimate of drug-likeness (QED) is 0.751. The minimum atomic E-state index is -0.0495. The van der Waals surface area contributed by atoms with Crippen molar-refractivity contribution < 1.29 is 9.53 Å². The molecule has 1 aliphatic rings. The van der Waals surface area contributed by atoms with E-state index in [1.807, 2.05) is 12.4 Å². The first-order chi connectivity index (χ1) is 8.29. The van der Waals surface area contributed by atoms with Gasteiger partial charge in [0.15, 0.2) is 0 Å². The zero-order valence-electron chi connectivity index (χ0n) is 10.1. The minimum absolute atomic E-state index is 0.0495. The molecule has 0 amide bonds. The topological polar surface area (TPSA) is 52.1 Å². The molecule has 0 aromatic carbocycles. The van der Waals surface area contributed by atoms with Gasteiger partial charge in [-0.2, -0.15) is 0 Å². The summed E-state index contributed by atoms with van der Waals surface area (Å²) >= 11 is 0. The van der Waals surface area contributed by atoms with Gasteiger partial charge >= 0.3 is 5.97 Å². The minimum Gasteiger partial charge on any atom is -0.469 e. The molecular weight excluding hydrogens is 216 g/mol. The largest absolute Gasteiger partial charge is 0.469 e. The molecule has 4 nitrogen and oxygen atoms in total. The molecule has 0 spiro atoms. The summed E-state index contributed by atoms with van der Waals surface area (Å²) in [5, 5.41) is 0. The second kappa shape index (κ2) is 5.75. The molecule has 17 heavy (non-hydrogen) atoms. The van der Waals surface area contributed by atoms with Crippen LogP contribution in [0.3, 0.4) is 0 Å². The fourth-order valence-corrected chi connectivity index (χ4v) is 2.54. The van der Waals surface area contributed by atoms with E-state index in [0.29, 0.717) is 5.92 Å². The maximum atomic E-state index is 11.4. The molecule has 92 valence electrons. The summed E-state index contributed by atoms with van der Waals surface area (Å²) in [5.74, 6) is 0.719. The van der Waals surface area contributed by atoms with Crippen LogP contribution in [0, 0.1) is 11.8 Å². The van der Waals surface area contributed by atoms with Crippen molar-refractivity contribution in [3.8, 4) is 0 Å².